The predicted octanol–water partition coefficient (Wildman–Crippen LogP) is 2.00. The minimum Gasteiger partial charge on any atom is -0.389 e. The van der Waals surface area contributed by atoms with Gasteiger partial charge in [-0.1, -0.05) is 0 Å². The van der Waals surface area contributed by atoms with Crippen LogP contribution in [0.5, 0.6) is 0 Å². The smallest absolute Gasteiger partial charge is 0.0897 e. The molecular weight excluding hydrogens is 278 g/mol. The Morgan fingerprint density at radius 1 is 1.67 bits per heavy atom. The van der Waals surface area contributed by atoms with Crippen LogP contribution >= 0.6 is 27.3 Å². The maximum atomic E-state index is 9.47. The molecule has 0 spiro atoms. The lowest BCUT2D eigenvalue weighted by Crippen LogP contribution is -2.29. The zero-order valence-electron chi connectivity index (χ0n) is 8.70. The lowest BCUT2D eigenvalue weighted by Gasteiger charge is -2.10. The third kappa shape index (κ3) is 5.63. The highest BCUT2D eigenvalue weighted by Gasteiger charge is 2.03. The Morgan fingerprint density at radius 3 is 3.07 bits per heavy atom. The highest BCUT2D eigenvalue weighted by Crippen LogP contribution is 2.19. The molecular formula is C10H16BrNO2S. The highest BCUT2D eigenvalue weighted by atomic mass is 79.9. The standard InChI is InChI=1S/C10H16BrNO2S/c1-2-14-6-9(13)4-12-5-10-3-8(11)7-15-10/h3,7,9,12-13H,2,4-6H2,1H3. The average Bonchev–Trinajstić information content (AvgIpc) is 2.61. The van der Waals surface area contributed by atoms with Gasteiger partial charge in [-0.05, 0) is 28.9 Å². The Kier molecular flexibility index (Phi) is 6.43. The van der Waals surface area contributed by atoms with Gasteiger partial charge in [0.2, 0.25) is 0 Å². The number of hydrogen-bond donors (Lipinski definition) is 2. The van der Waals surface area contributed by atoms with E-state index >= 15 is 0 Å². The first-order valence-electron chi connectivity index (χ1n) is 4.91. The maximum absolute atomic E-state index is 9.47. The lowest BCUT2D eigenvalue weighted by atomic mass is 10.3. The molecule has 0 aliphatic rings. The summed E-state index contributed by atoms with van der Waals surface area (Å²) < 4.78 is 6.22. The number of ether oxygens (including phenoxy) is 1. The van der Waals surface area contributed by atoms with Crippen molar-refractivity contribution in [1.29, 1.82) is 0 Å². The van der Waals surface area contributed by atoms with Gasteiger partial charge >= 0.3 is 0 Å². The van der Waals surface area contributed by atoms with Gasteiger partial charge in [-0.2, -0.15) is 0 Å². The van der Waals surface area contributed by atoms with Crippen molar-refractivity contribution in [2.75, 3.05) is 19.8 Å². The van der Waals surface area contributed by atoms with Crippen LogP contribution in [0.25, 0.3) is 0 Å². The molecule has 3 nitrogen and oxygen atoms in total. The molecule has 5 heteroatoms. The summed E-state index contributed by atoms with van der Waals surface area (Å²) in [6, 6.07) is 2.08. The summed E-state index contributed by atoms with van der Waals surface area (Å²) >= 11 is 5.10. The lowest BCUT2D eigenvalue weighted by molar-refractivity contribution is 0.0427. The average molecular weight is 294 g/mol. The summed E-state index contributed by atoms with van der Waals surface area (Å²) in [6.45, 7) is 4.32. The van der Waals surface area contributed by atoms with Gasteiger partial charge < -0.3 is 15.2 Å². The Labute approximate surface area is 103 Å². The van der Waals surface area contributed by atoms with Crippen LogP contribution in [0.4, 0.5) is 0 Å². The second kappa shape index (κ2) is 7.35. The second-order valence-electron chi connectivity index (χ2n) is 3.18. The van der Waals surface area contributed by atoms with Gasteiger partial charge in [0, 0.05) is 34.4 Å². The number of hydrogen-bond acceptors (Lipinski definition) is 4. The molecule has 0 bridgehead atoms. The number of aliphatic hydroxyl groups excluding tert-OH is 1. The molecule has 0 fully saturated rings. The fourth-order valence-corrected chi connectivity index (χ4v) is 2.54. The Hall–Kier alpha value is 0.0600. The van der Waals surface area contributed by atoms with Gasteiger partial charge in [0.1, 0.15) is 0 Å². The van der Waals surface area contributed by atoms with E-state index in [1.807, 2.05) is 12.3 Å². The highest BCUT2D eigenvalue weighted by molar-refractivity contribution is 9.10. The molecule has 1 aromatic rings. The van der Waals surface area contributed by atoms with Crippen molar-refractivity contribution in [3.8, 4) is 0 Å². The molecule has 0 saturated carbocycles. The van der Waals surface area contributed by atoms with E-state index in [1.165, 1.54) is 4.88 Å². The van der Waals surface area contributed by atoms with Crippen LogP contribution in [0.3, 0.4) is 0 Å². The van der Waals surface area contributed by atoms with E-state index in [0.29, 0.717) is 19.8 Å². The third-order valence-corrected chi connectivity index (χ3v) is 3.51. The predicted molar refractivity (Wildman–Crippen MR) is 66.2 cm³/mol. The molecule has 15 heavy (non-hydrogen) atoms. The summed E-state index contributed by atoms with van der Waals surface area (Å²) in [5, 5.41) is 14.7. The minimum atomic E-state index is -0.423. The number of nitrogens with one attached hydrogen (secondary N) is 1. The van der Waals surface area contributed by atoms with Gasteiger partial charge in [-0.15, -0.1) is 11.3 Å². The largest absolute Gasteiger partial charge is 0.389 e. The summed E-state index contributed by atoms with van der Waals surface area (Å²) in [4.78, 5) is 1.26. The van der Waals surface area contributed by atoms with E-state index in [2.05, 4.69) is 27.3 Å². The first-order chi connectivity index (χ1) is 7.22. The number of thiophene rings is 1. The number of aliphatic hydroxyl groups is 1. The molecule has 0 amide bonds. The van der Waals surface area contributed by atoms with Crippen molar-refractivity contribution in [1.82, 2.24) is 5.32 Å². The molecule has 0 radical (unpaired) electrons. The fraction of sp³-hybridized carbons (Fsp3) is 0.600. The molecule has 2 N–H and O–H groups in total. The van der Waals surface area contributed by atoms with Crippen LogP contribution < -0.4 is 5.32 Å². The quantitative estimate of drug-likeness (QED) is 0.808. The van der Waals surface area contributed by atoms with Gasteiger partial charge in [0.05, 0.1) is 12.7 Å². The van der Waals surface area contributed by atoms with E-state index in [0.717, 1.165) is 11.0 Å². The van der Waals surface area contributed by atoms with Gasteiger partial charge in [0.15, 0.2) is 0 Å². The Bertz CT molecular complexity index is 280. The molecule has 1 aromatic heterocycles. The molecule has 0 saturated heterocycles. The van der Waals surface area contributed by atoms with Crippen molar-refractivity contribution in [2.45, 2.75) is 19.6 Å². The van der Waals surface area contributed by atoms with Crippen LogP contribution in [0, 0.1) is 0 Å². The van der Waals surface area contributed by atoms with E-state index in [9.17, 15) is 5.11 Å². The van der Waals surface area contributed by atoms with Gasteiger partial charge in [-0.3, -0.25) is 0 Å². The van der Waals surface area contributed by atoms with E-state index in [1.54, 1.807) is 11.3 Å². The van der Waals surface area contributed by atoms with Crippen LogP contribution in [0.1, 0.15) is 11.8 Å². The molecule has 1 atom stereocenters. The van der Waals surface area contributed by atoms with Gasteiger partial charge in [0.25, 0.3) is 0 Å². The number of halogens is 1. The summed E-state index contributed by atoms with van der Waals surface area (Å²) in [5.41, 5.74) is 0. The SMILES string of the molecule is CCOCC(O)CNCc1cc(Br)cs1. The molecule has 0 aromatic carbocycles. The monoisotopic (exact) mass is 293 g/mol. The summed E-state index contributed by atoms with van der Waals surface area (Å²) in [6.07, 6.45) is -0.423. The van der Waals surface area contributed by atoms with Crippen LogP contribution in [0.2, 0.25) is 0 Å². The van der Waals surface area contributed by atoms with Gasteiger partial charge in [-0.25, -0.2) is 0 Å². The molecule has 1 rings (SSSR count). The summed E-state index contributed by atoms with van der Waals surface area (Å²) in [5.74, 6) is 0. The van der Waals surface area contributed by atoms with E-state index in [4.69, 9.17) is 4.74 Å². The Balaban J connectivity index is 2.10. The summed E-state index contributed by atoms with van der Waals surface area (Å²) in [7, 11) is 0. The van der Waals surface area contributed by atoms with Crippen LogP contribution in [-0.4, -0.2) is 31.0 Å². The van der Waals surface area contributed by atoms with Crippen LogP contribution in [0.15, 0.2) is 15.9 Å². The molecule has 1 unspecified atom stereocenters. The zero-order valence-corrected chi connectivity index (χ0v) is 11.1. The van der Waals surface area contributed by atoms with Crippen molar-refractivity contribution in [3.63, 3.8) is 0 Å². The molecule has 1 heterocycles. The maximum Gasteiger partial charge on any atom is 0.0897 e. The van der Waals surface area contributed by atoms with Crippen molar-refractivity contribution >= 4 is 27.3 Å². The zero-order chi connectivity index (χ0) is 11.1. The van der Waals surface area contributed by atoms with E-state index in [-0.39, 0.29) is 0 Å². The normalized spacial score (nSPS) is 13.0. The van der Waals surface area contributed by atoms with Crippen molar-refractivity contribution in [2.24, 2.45) is 0 Å². The topological polar surface area (TPSA) is 41.5 Å². The molecule has 0 aliphatic heterocycles. The molecule has 0 aliphatic carbocycles. The molecule has 86 valence electrons. The fourth-order valence-electron chi connectivity index (χ4n) is 1.12. The second-order valence-corrected chi connectivity index (χ2v) is 5.09. The Morgan fingerprint density at radius 2 is 2.47 bits per heavy atom. The number of rotatable bonds is 7. The van der Waals surface area contributed by atoms with Crippen LogP contribution in [-0.2, 0) is 11.3 Å². The first kappa shape index (κ1) is 13.1. The first-order valence-corrected chi connectivity index (χ1v) is 6.59. The van der Waals surface area contributed by atoms with Crippen molar-refractivity contribution < 1.29 is 9.84 Å². The van der Waals surface area contributed by atoms with Crippen molar-refractivity contribution in [3.05, 3.63) is 20.8 Å². The third-order valence-electron chi connectivity index (χ3n) is 1.82. The van der Waals surface area contributed by atoms with E-state index < -0.39 is 6.10 Å². The minimum absolute atomic E-state index is 0.400.